The third-order valence-corrected chi connectivity index (χ3v) is 5.00. The van der Waals surface area contributed by atoms with Crippen LogP contribution in [0.25, 0.3) is 0 Å². The summed E-state index contributed by atoms with van der Waals surface area (Å²) in [6.45, 7) is 12.0. The summed E-state index contributed by atoms with van der Waals surface area (Å²) in [5, 5.41) is 54.9. The third kappa shape index (κ3) is 23.9. The molecule has 0 amide bonds. The summed E-state index contributed by atoms with van der Waals surface area (Å²) in [6.07, 6.45) is 27.8. The first-order valence-electron chi connectivity index (χ1n) is 12.9. The predicted octanol–water partition coefficient (Wildman–Crippen LogP) is 4.11. The zero-order valence-corrected chi connectivity index (χ0v) is 25.5. The quantitative estimate of drug-likeness (QED) is 0.165. The van der Waals surface area contributed by atoms with Gasteiger partial charge in [-0.05, 0) is 23.3 Å². The molecule has 0 aromatic rings. The van der Waals surface area contributed by atoms with E-state index in [-0.39, 0.29) is 46.5 Å². The van der Waals surface area contributed by atoms with Crippen molar-refractivity contribution in [1.82, 2.24) is 0 Å². The van der Waals surface area contributed by atoms with Crippen LogP contribution in [0.3, 0.4) is 0 Å². The Labute approximate surface area is 242 Å². The molecule has 2 rings (SSSR count). The molecule has 204 valence electrons. The van der Waals surface area contributed by atoms with E-state index in [0.29, 0.717) is 0 Å². The Bertz CT molecular complexity index is 707. The molecule has 2 aliphatic carbocycles. The SMILES string of the molecule is N=C1C=CC=CC1=C([O-])[O-].N=C1C=CC=CC1=C([O-])[O-].[CH2-]CCCCCCC.[CH2-]CCCCCCC.[Sn+4]. The topological polar surface area (TPSA) is 140 Å². The monoisotopic (exact) mass is 616 g/mol. The van der Waals surface area contributed by atoms with Gasteiger partial charge in [0.05, 0.1) is 11.4 Å². The second-order valence-electron chi connectivity index (χ2n) is 8.20. The van der Waals surface area contributed by atoms with Gasteiger partial charge in [0.2, 0.25) is 0 Å². The van der Waals surface area contributed by atoms with E-state index in [0.717, 1.165) is 12.8 Å². The maximum atomic E-state index is 10.2. The van der Waals surface area contributed by atoms with E-state index < -0.39 is 11.9 Å². The van der Waals surface area contributed by atoms with Gasteiger partial charge in [-0.25, -0.2) is 0 Å². The van der Waals surface area contributed by atoms with E-state index in [1.54, 1.807) is 24.3 Å². The molecule has 0 bridgehead atoms. The van der Waals surface area contributed by atoms with Gasteiger partial charge in [0, 0.05) is 0 Å². The summed E-state index contributed by atoms with van der Waals surface area (Å²) in [7, 11) is 0. The minimum atomic E-state index is -1.30. The predicted molar refractivity (Wildman–Crippen MR) is 149 cm³/mol. The summed E-state index contributed by atoms with van der Waals surface area (Å²) >= 11 is 0. The van der Waals surface area contributed by atoms with Crippen molar-refractivity contribution in [3.05, 3.63) is 85.5 Å². The van der Waals surface area contributed by atoms with Crippen molar-refractivity contribution in [3.63, 3.8) is 0 Å². The van der Waals surface area contributed by atoms with Crippen LogP contribution in [0.15, 0.2) is 71.6 Å². The van der Waals surface area contributed by atoms with Crippen LogP contribution >= 0.6 is 0 Å². The molecule has 0 heterocycles. The Morgan fingerprint density at radius 1 is 0.568 bits per heavy atom. The van der Waals surface area contributed by atoms with Crippen molar-refractivity contribution < 1.29 is 20.4 Å². The number of nitrogens with one attached hydrogen (secondary N) is 2. The Balaban J connectivity index is -0.000000416. The fourth-order valence-corrected chi connectivity index (χ4v) is 2.88. The molecule has 2 aliphatic rings. The minimum Gasteiger partial charge on any atom is -0.883 e. The van der Waals surface area contributed by atoms with Crippen LogP contribution in [0.1, 0.15) is 90.9 Å². The van der Waals surface area contributed by atoms with E-state index in [1.807, 2.05) is 0 Å². The van der Waals surface area contributed by atoms with Crippen LogP contribution in [0.4, 0.5) is 0 Å². The molecule has 7 heteroatoms. The van der Waals surface area contributed by atoms with Crippen molar-refractivity contribution in [2.24, 2.45) is 0 Å². The van der Waals surface area contributed by atoms with Gasteiger partial charge in [-0.1, -0.05) is 115 Å². The van der Waals surface area contributed by atoms with Gasteiger partial charge in [-0.15, -0.1) is 0 Å². The molecule has 0 aromatic heterocycles. The Hall–Kier alpha value is -2.22. The van der Waals surface area contributed by atoms with Gasteiger partial charge in [0.25, 0.3) is 0 Å². The zero-order valence-electron chi connectivity index (χ0n) is 22.7. The number of allylic oxidation sites excluding steroid dienone is 10. The molecule has 2 N–H and O–H groups in total. The first-order valence-corrected chi connectivity index (χ1v) is 12.9. The normalized spacial score (nSPS) is 12.9. The molecule has 0 aromatic carbocycles. The second kappa shape index (κ2) is 28.4. The van der Waals surface area contributed by atoms with Gasteiger partial charge >= 0.3 is 23.9 Å². The average molecular weight is 615 g/mol. The van der Waals surface area contributed by atoms with E-state index in [2.05, 4.69) is 27.7 Å². The fraction of sp³-hybridized carbons (Fsp3) is 0.467. The number of rotatable bonds is 10. The van der Waals surface area contributed by atoms with Crippen LogP contribution < -0.4 is 20.4 Å². The van der Waals surface area contributed by atoms with Crippen molar-refractivity contribution in [3.8, 4) is 0 Å². The molecule has 0 spiro atoms. The largest absolute Gasteiger partial charge is 4.00 e. The van der Waals surface area contributed by atoms with Crippen LogP contribution in [0.2, 0.25) is 0 Å². The standard InChI is InChI=1S/2C8H17.2C7H7NO2.Sn/c2*1-3-5-7-8-6-4-2;2*8-6-4-2-1-3-5(6)7(9)10;/h2*1,3-8H2,2H3;2*1-4,8-10H;/q2*-1;;;+4/p-4. The van der Waals surface area contributed by atoms with Crippen molar-refractivity contribution in [2.75, 3.05) is 0 Å². The maximum Gasteiger partial charge on any atom is 4.00 e. The van der Waals surface area contributed by atoms with Crippen LogP contribution in [0, 0.1) is 24.7 Å². The minimum absolute atomic E-state index is 0. The molecular weight excluding hydrogens is 571 g/mol. The van der Waals surface area contributed by atoms with Gasteiger partial charge in [0.1, 0.15) is 0 Å². The van der Waals surface area contributed by atoms with Gasteiger partial charge < -0.3 is 45.1 Å². The van der Waals surface area contributed by atoms with Gasteiger partial charge in [0.15, 0.2) is 0 Å². The molecule has 0 radical (unpaired) electrons. The first-order chi connectivity index (χ1) is 17.3. The number of unbranched alkanes of at least 4 members (excludes halogenated alkanes) is 10. The molecule has 0 atom stereocenters. The smallest absolute Gasteiger partial charge is 0.883 e. The van der Waals surface area contributed by atoms with Crippen molar-refractivity contribution in [1.29, 1.82) is 10.8 Å². The maximum absolute atomic E-state index is 10.2. The molecule has 0 saturated carbocycles. The van der Waals surface area contributed by atoms with E-state index in [1.165, 1.54) is 88.5 Å². The summed E-state index contributed by atoms with van der Waals surface area (Å²) in [5.74, 6) is -2.60. The molecule has 0 saturated heterocycles. The Morgan fingerprint density at radius 2 is 0.865 bits per heavy atom. The van der Waals surface area contributed by atoms with E-state index in [4.69, 9.17) is 10.8 Å². The summed E-state index contributed by atoms with van der Waals surface area (Å²) in [6, 6.07) is 0. The summed E-state index contributed by atoms with van der Waals surface area (Å²) in [4.78, 5) is 0. The molecule has 0 aliphatic heterocycles. The summed E-state index contributed by atoms with van der Waals surface area (Å²) < 4.78 is 0. The molecule has 6 nitrogen and oxygen atoms in total. The molecule has 0 fully saturated rings. The van der Waals surface area contributed by atoms with Gasteiger partial charge in [-0.3, -0.25) is 0 Å². The second-order valence-corrected chi connectivity index (χ2v) is 8.20. The molecule has 37 heavy (non-hydrogen) atoms. The zero-order chi connectivity index (χ0) is 27.6. The Morgan fingerprint density at radius 3 is 1.08 bits per heavy atom. The number of hydrogen-bond acceptors (Lipinski definition) is 6. The van der Waals surface area contributed by atoms with Crippen molar-refractivity contribution >= 4 is 35.3 Å². The van der Waals surface area contributed by atoms with Crippen LogP contribution in [-0.4, -0.2) is 35.3 Å². The average Bonchev–Trinajstić information content (AvgIpc) is 2.86. The van der Waals surface area contributed by atoms with E-state index >= 15 is 0 Å². The van der Waals surface area contributed by atoms with Crippen molar-refractivity contribution in [2.45, 2.75) is 90.9 Å². The first kappa shape index (κ1) is 39.3. The van der Waals surface area contributed by atoms with Gasteiger partial charge in [-0.2, -0.15) is 24.7 Å². The molecule has 0 unspecified atom stereocenters. The van der Waals surface area contributed by atoms with E-state index in [9.17, 15) is 20.4 Å². The van der Waals surface area contributed by atoms with Crippen LogP contribution in [0.5, 0.6) is 0 Å². The van der Waals surface area contributed by atoms with Crippen LogP contribution in [-0.2, 0) is 0 Å². The summed E-state index contributed by atoms with van der Waals surface area (Å²) in [5.41, 5.74) is -0.157. The molecular formula is C30H44N2O4Sn-2. The Kier molecular flexibility index (Phi) is 30.1. The number of hydrogen-bond donors (Lipinski definition) is 2. The third-order valence-electron chi connectivity index (χ3n) is 5.00. The fourth-order valence-electron chi connectivity index (χ4n) is 2.88.